The molecule has 0 radical (unpaired) electrons. The number of nitrogens with two attached hydrogens (primary N) is 1. The van der Waals surface area contributed by atoms with Crippen LogP contribution in [0.5, 0.6) is 0 Å². The summed E-state index contributed by atoms with van der Waals surface area (Å²) in [5.41, 5.74) is 1.48. The average Bonchev–Trinajstić information content (AvgIpc) is 2.47. The van der Waals surface area contributed by atoms with Crippen LogP contribution in [-0.2, 0) is 0 Å². The highest BCUT2D eigenvalue weighted by Gasteiger charge is 2.24. The van der Waals surface area contributed by atoms with Gasteiger partial charge >= 0.3 is 0 Å². The molecule has 2 rings (SSSR count). The number of hydrogen-bond donors (Lipinski definition) is 2. The Morgan fingerprint density at radius 2 is 1.89 bits per heavy atom. The molecule has 0 amide bonds. The first-order valence-corrected chi connectivity index (χ1v) is 8.01. The minimum atomic E-state index is 0.669. The largest absolute Gasteiger partial charge is 0.343 e. The number of benzene rings is 1. The molecule has 1 aromatic carbocycles. The molecule has 1 saturated heterocycles. The third kappa shape index (κ3) is 4.63. The van der Waals surface area contributed by atoms with Crippen LogP contribution >= 0.6 is 0 Å². The van der Waals surface area contributed by atoms with Crippen LogP contribution in [0, 0.1) is 0 Å². The van der Waals surface area contributed by atoms with Crippen LogP contribution < -0.4 is 10.2 Å². The molecule has 3 N–H and O–H groups in total. The zero-order chi connectivity index (χ0) is 13.5. The highest BCUT2D eigenvalue weighted by Crippen LogP contribution is 2.11. The van der Waals surface area contributed by atoms with E-state index in [4.69, 9.17) is 0 Å². The lowest BCUT2D eigenvalue weighted by Gasteiger charge is -2.28. The summed E-state index contributed by atoms with van der Waals surface area (Å²) in [6.45, 7) is 10.0. The summed E-state index contributed by atoms with van der Waals surface area (Å²) < 4.78 is 0. The molecular weight excluding hydrogens is 232 g/mol. The van der Waals surface area contributed by atoms with Crippen molar-refractivity contribution in [2.45, 2.75) is 45.1 Å². The Bertz CT molecular complexity index is 342. The van der Waals surface area contributed by atoms with E-state index in [1.54, 1.807) is 0 Å². The predicted molar refractivity (Wildman–Crippen MR) is 80.5 cm³/mol. The zero-order valence-electron chi connectivity index (χ0n) is 12.6. The molecular formula is C17H30N2+2. The third-order valence-corrected chi connectivity index (χ3v) is 4.53. The molecule has 1 heterocycles. The SMILES string of the molecule is CCC[NH+]1CCC([NH2+]C[C@@H](C)c2ccccc2)CC1. The van der Waals surface area contributed by atoms with E-state index in [0.717, 1.165) is 6.04 Å². The molecule has 2 nitrogen and oxygen atoms in total. The van der Waals surface area contributed by atoms with Gasteiger partial charge in [0.05, 0.1) is 32.2 Å². The summed E-state index contributed by atoms with van der Waals surface area (Å²) in [6, 6.07) is 11.8. The Morgan fingerprint density at radius 1 is 1.21 bits per heavy atom. The number of nitrogens with one attached hydrogen (secondary N) is 1. The zero-order valence-corrected chi connectivity index (χ0v) is 12.6. The molecule has 19 heavy (non-hydrogen) atoms. The Balaban J connectivity index is 1.69. The lowest BCUT2D eigenvalue weighted by Crippen LogP contribution is -3.14. The molecule has 1 fully saturated rings. The number of likely N-dealkylation sites (tertiary alicyclic amines) is 1. The normalized spacial score (nSPS) is 25.2. The van der Waals surface area contributed by atoms with Gasteiger partial charge in [-0.15, -0.1) is 0 Å². The van der Waals surface area contributed by atoms with Crippen molar-refractivity contribution < 1.29 is 10.2 Å². The summed E-state index contributed by atoms with van der Waals surface area (Å²) in [5, 5.41) is 2.60. The summed E-state index contributed by atoms with van der Waals surface area (Å²) in [5.74, 6) is 0.669. The molecule has 106 valence electrons. The van der Waals surface area contributed by atoms with Gasteiger partial charge in [-0.2, -0.15) is 0 Å². The highest BCUT2D eigenvalue weighted by molar-refractivity contribution is 5.18. The van der Waals surface area contributed by atoms with E-state index >= 15 is 0 Å². The van der Waals surface area contributed by atoms with Crippen molar-refractivity contribution in [1.29, 1.82) is 0 Å². The second-order valence-corrected chi connectivity index (χ2v) is 6.12. The topological polar surface area (TPSA) is 21.1 Å². The van der Waals surface area contributed by atoms with Gasteiger partial charge in [0.25, 0.3) is 0 Å². The van der Waals surface area contributed by atoms with Crippen LogP contribution in [0.15, 0.2) is 30.3 Å². The summed E-state index contributed by atoms with van der Waals surface area (Å²) in [6.07, 6.45) is 4.13. The Labute approximate surface area is 118 Å². The van der Waals surface area contributed by atoms with Gasteiger partial charge in [0.2, 0.25) is 0 Å². The van der Waals surface area contributed by atoms with Crippen molar-refractivity contribution in [3.05, 3.63) is 35.9 Å². The molecule has 1 atom stereocenters. The van der Waals surface area contributed by atoms with E-state index < -0.39 is 0 Å². The highest BCUT2D eigenvalue weighted by atomic mass is 15.1. The minimum absolute atomic E-state index is 0.669. The fourth-order valence-electron chi connectivity index (χ4n) is 3.20. The number of hydrogen-bond acceptors (Lipinski definition) is 0. The smallest absolute Gasteiger partial charge is 0.0967 e. The first-order chi connectivity index (χ1) is 9.29. The van der Waals surface area contributed by atoms with Crippen molar-refractivity contribution in [3.8, 4) is 0 Å². The van der Waals surface area contributed by atoms with Crippen LogP contribution in [0.25, 0.3) is 0 Å². The molecule has 1 aliphatic rings. The molecule has 0 unspecified atom stereocenters. The number of rotatable bonds is 6. The standard InChI is InChI=1S/C17H28N2/c1-3-11-19-12-9-17(10-13-19)18-14-15(2)16-7-5-4-6-8-16/h4-8,15,17-18H,3,9-14H2,1-2H3/p+2/t15-/m1/s1. The second-order valence-electron chi connectivity index (χ2n) is 6.12. The number of quaternary nitrogens is 2. The molecule has 0 aliphatic carbocycles. The first-order valence-electron chi connectivity index (χ1n) is 8.01. The van der Waals surface area contributed by atoms with E-state index in [1.807, 2.05) is 4.90 Å². The van der Waals surface area contributed by atoms with Crippen LogP contribution in [0.1, 0.15) is 44.6 Å². The van der Waals surface area contributed by atoms with Crippen LogP contribution in [0.3, 0.4) is 0 Å². The van der Waals surface area contributed by atoms with Crippen molar-refractivity contribution >= 4 is 0 Å². The van der Waals surface area contributed by atoms with Gasteiger partial charge < -0.3 is 10.2 Å². The monoisotopic (exact) mass is 262 g/mol. The quantitative estimate of drug-likeness (QED) is 0.757. The van der Waals surface area contributed by atoms with E-state index in [2.05, 4.69) is 49.5 Å². The van der Waals surface area contributed by atoms with Crippen LogP contribution in [0.4, 0.5) is 0 Å². The molecule has 0 aromatic heterocycles. The van der Waals surface area contributed by atoms with Crippen LogP contribution in [-0.4, -0.2) is 32.2 Å². The van der Waals surface area contributed by atoms with E-state index in [9.17, 15) is 0 Å². The molecule has 1 aromatic rings. The second kappa shape index (κ2) is 7.66. The number of piperidine rings is 1. The first kappa shape index (κ1) is 14.5. The van der Waals surface area contributed by atoms with Gasteiger partial charge in [-0.3, -0.25) is 0 Å². The Kier molecular flexibility index (Phi) is 5.87. The third-order valence-electron chi connectivity index (χ3n) is 4.53. The van der Waals surface area contributed by atoms with Crippen molar-refractivity contribution in [2.24, 2.45) is 0 Å². The van der Waals surface area contributed by atoms with Crippen molar-refractivity contribution in [3.63, 3.8) is 0 Å². The van der Waals surface area contributed by atoms with Gasteiger partial charge in [-0.05, 0) is 12.0 Å². The minimum Gasteiger partial charge on any atom is -0.343 e. The van der Waals surface area contributed by atoms with Gasteiger partial charge in [0.1, 0.15) is 0 Å². The van der Waals surface area contributed by atoms with Crippen molar-refractivity contribution in [1.82, 2.24) is 0 Å². The molecule has 2 heteroatoms. The fourth-order valence-corrected chi connectivity index (χ4v) is 3.20. The summed E-state index contributed by atoms with van der Waals surface area (Å²) in [4.78, 5) is 1.82. The molecule has 0 bridgehead atoms. The van der Waals surface area contributed by atoms with E-state index in [0.29, 0.717) is 5.92 Å². The van der Waals surface area contributed by atoms with Crippen LogP contribution in [0.2, 0.25) is 0 Å². The molecule has 0 spiro atoms. The predicted octanol–water partition coefficient (Wildman–Crippen LogP) is 0.811. The maximum absolute atomic E-state index is 2.60. The maximum atomic E-state index is 2.60. The Morgan fingerprint density at radius 3 is 2.53 bits per heavy atom. The fraction of sp³-hybridized carbons (Fsp3) is 0.647. The lowest BCUT2D eigenvalue weighted by molar-refractivity contribution is -0.913. The van der Waals surface area contributed by atoms with E-state index in [1.165, 1.54) is 51.0 Å². The van der Waals surface area contributed by atoms with Crippen molar-refractivity contribution in [2.75, 3.05) is 26.2 Å². The van der Waals surface area contributed by atoms with Gasteiger partial charge in [-0.1, -0.05) is 44.2 Å². The van der Waals surface area contributed by atoms with Gasteiger partial charge in [0, 0.05) is 18.8 Å². The Hall–Kier alpha value is -0.860. The average molecular weight is 262 g/mol. The maximum Gasteiger partial charge on any atom is 0.0967 e. The van der Waals surface area contributed by atoms with Gasteiger partial charge in [0.15, 0.2) is 0 Å². The molecule has 1 aliphatic heterocycles. The van der Waals surface area contributed by atoms with E-state index in [-0.39, 0.29) is 0 Å². The van der Waals surface area contributed by atoms with Gasteiger partial charge in [-0.25, -0.2) is 0 Å². The lowest BCUT2D eigenvalue weighted by atomic mass is 9.99. The summed E-state index contributed by atoms with van der Waals surface area (Å²) >= 11 is 0. The molecule has 0 saturated carbocycles. The summed E-state index contributed by atoms with van der Waals surface area (Å²) in [7, 11) is 0.